The van der Waals surface area contributed by atoms with Crippen molar-refractivity contribution in [3.8, 4) is 6.07 Å². The molecule has 0 aliphatic rings. The van der Waals surface area contributed by atoms with Gasteiger partial charge in [0.2, 0.25) is 10.0 Å². The lowest BCUT2D eigenvalue weighted by atomic mass is 10.1. The van der Waals surface area contributed by atoms with E-state index < -0.39 is 27.6 Å². The second kappa shape index (κ2) is 7.73. The standard InChI is InChI=1S/C16H13N3O6S/c1-18(11-25-16(20)13-4-2-12(10-17)3-5-13)26(23,24)15-8-6-14(7-9-15)19(21)22/h2-9H,11H2,1H3. The average Bonchev–Trinajstić information content (AvgIpc) is 2.65. The minimum Gasteiger partial charge on any atom is -0.445 e. The third-order valence-corrected chi connectivity index (χ3v) is 5.18. The summed E-state index contributed by atoms with van der Waals surface area (Å²) < 4.78 is 30.5. The number of sulfonamides is 1. The maximum absolute atomic E-state index is 12.4. The minimum atomic E-state index is -3.98. The number of carbonyl (C=O) groups excluding carboxylic acids is 1. The van der Waals surface area contributed by atoms with Gasteiger partial charge in [0.25, 0.3) is 5.69 Å². The second-order valence-electron chi connectivity index (χ2n) is 5.10. The lowest BCUT2D eigenvalue weighted by Gasteiger charge is -2.17. The molecule has 0 unspecified atom stereocenters. The smallest absolute Gasteiger partial charge is 0.339 e. The molecule has 0 bridgehead atoms. The molecule has 0 aromatic heterocycles. The first-order chi connectivity index (χ1) is 12.3. The lowest BCUT2D eigenvalue weighted by molar-refractivity contribution is -0.384. The van der Waals surface area contributed by atoms with E-state index in [1.54, 1.807) is 0 Å². The Hall–Kier alpha value is -3.29. The van der Waals surface area contributed by atoms with E-state index in [2.05, 4.69) is 0 Å². The van der Waals surface area contributed by atoms with Gasteiger partial charge in [0.1, 0.15) is 0 Å². The van der Waals surface area contributed by atoms with Crippen molar-refractivity contribution in [2.75, 3.05) is 13.8 Å². The van der Waals surface area contributed by atoms with Gasteiger partial charge in [-0.15, -0.1) is 0 Å². The highest BCUT2D eigenvalue weighted by Gasteiger charge is 2.23. The van der Waals surface area contributed by atoms with Crippen LogP contribution in [0.25, 0.3) is 0 Å². The highest BCUT2D eigenvalue weighted by molar-refractivity contribution is 7.89. The van der Waals surface area contributed by atoms with Crippen LogP contribution in [0.15, 0.2) is 53.4 Å². The Morgan fingerprint density at radius 2 is 1.77 bits per heavy atom. The topological polar surface area (TPSA) is 131 Å². The van der Waals surface area contributed by atoms with E-state index in [4.69, 9.17) is 10.00 Å². The van der Waals surface area contributed by atoms with Crippen molar-refractivity contribution in [1.29, 1.82) is 5.26 Å². The number of non-ortho nitro benzene ring substituents is 1. The molecule has 0 radical (unpaired) electrons. The van der Waals surface area contributed by atoms with Gasteiger partial charge in [0.15, 0.2) is 6.73 Å². The molecule has 2 aromatic carbocycles. The molecule has 26 heavy (non-hydrogen) atoms. The lowest BCUT2D eigenvalue weighted by Crippen LogP contribution is -2.30. The van der Waals surface area contributed by atoms with Crippen molar-refractivity contribution in [2.24, 2.45) is 0 Å². The third-order valence-electron chi connectivity index (χ3n) is 3.38. The Bertz CT molecular complexity index is 963. The number of nitro groups is 1. The van der Waals surface area contributed by atoms with Gasteiger partial charge in [-0.2, -0.15) is 9.57 Å². The van der Waals surface area contributed by atoms with Gasteiger partial charge >= 0.3 is 5.97 Å². The third kappa shape index (κ3) is 4.21. The van der Waals surface area contributed by atoms with Crippen LogP contribution in [-0.2, 0) is 14.8 Å². The van der Waals surface area contributed by atoms with Gasteiger partial charge in [-0.1, -0.05) is 0 Å². The van der Waals surface area contributed by atoms with Gasteiger partial charge in [-0.3, -0.25) is 10.1 Å². The van der Waals surface area contributed by atoms with E-state index in [1.807, 2.05) is 6.07 Å². The summed E-state index contributed by atoms with van der Waals surface area (Å²) in [5, 5.41) is 19.3. The van der Waals surface area contributed by atoms with Gasteiger partial charge < -0.3 is 4.74 Å². The number of nitriles is 1. The second-order valence-corrected chi connectivity index (χ2v) is 7.15. The van der Waals surface area contributed by atoms with Crippen molar-refractivity contribution in [3.63, 3.8) is 0 Å². The zero-order valence-electron chi connectivity index (χ0n) is 13.5. The molecule has 0 saturated carbocycles. The number of rotatable bonds is 6. The number of hydrogen-bond donors (Lipinski definition) is 0. The van der Waals surface area contributed by atoms with E-state index in [0.29, 0.717) is 5.56 Å². The normalized spacial score (nSPS) is 11.0. The zero-order valence-corrected chi connectivity index (χ0v) is 14.3. The Balaban J connectivity index is 2.05. The van der Waals surface area contributed by atoms with Crippen LogP contribution in [0.1, 0.15) is 15.9 Å². The summed E-state index contributed by atoms with van der Waals surface area (Å²) in [5.41, 5.74) is 0.309. The van der Waals surface area contributed by atoms with Crippen LogP contribution in [0.5, 0.6) is 0 Å². The molecule has 0 aliphatic heterocycles. The molecule has 0 N–H and O–H groups in total. The van der Waals surface area contributed by atoms with Crippen molar-refractivity contribution >= 4 is 21.7 Å². The van der Waals surface area contributed by atoms with E-state index in [1.165, 1.54) is 31.3 Å². The SMILES string of the molecule is CN(COC(=O)c1ccc(C#N)cc1)S(=O)(=O)c1ccc([N+](=O)[O-])cc1. The van der Waals surface area contributed by atoms with E-state index in [9.17, 15) is 23.3 Å². The number of esters is 1. The predicted octanol–water partition coefficient (Wildman–Crippen LogP) is 1.90. The summed E-state index contributed by atoms with van der Waals surface area (Å²) >= 11 is 0. The highest BCUT2D eigenvalue weighted by atomic mass is 32.2. The van der Waals surface area contributed by atoms with E-state index in [0.717, 1.165) is 28.6 Å². The van der Waals surface area contributed by atoms with Crippen molar-refractivity contribution in [2.45, 2.75) is 4.90 Å². The molecule has 2 aromatic rings. The summed E-state index contributed by atoms with van der Waals surface area (Å²) in [6.07, 6.45) is 0. The fourth-order valence-corrected chi connectivity index (χ4v) is 2.93. The molecule has 134 valence electrons. The molecule has 0 saturated heterocycles. The Kier molecular flexibility index (Phi) is 5.66. The largest absolute Gasteiger partial charge is 0.445 e. The van der Waals surface area contributed by atoms with Gasteiger partial charge in [0, 0.05) is 19.2 Å². The summed E-state index contributed by atoms with van der Waals surface area (Å²) in [7, 11) is -2.77. The van der Waals surface area contributed by atoms with Crippen molar-refractivity contribution < 1.29 is 22.9 Å². The maximum atomic E-state index is 12.4. The molecule has 0 fully saturated rings. The first-order valence-electron chi connectivity index (χ1n) is 7.14. The minimum absolute atomic E-state index is 0.167. The van der Waals surface area contributed by atoms with Gasteiger partial charge in [-0.25, -0.2) is 13.2 Å². The number of nitro benzene ring substituents is 1. The number of ether oxygens (including phenoxy) is 1. The first kappa shape index (κ1) is 19.0. The maximum Gasteiger partial charge on any atom is 0.339 e. The summed E-state index contributed by atoms with van der Waals surface area (Å²) in [6, 6.07) is 11.9. The molecule has 0 aliphatic carbocycles. The van der Waals surface area contributed by atoms with Crippen LogP contribution in [0.3, 0.4) is 0 Å². The summed E-state index contributed by atoms with van der Waals surface area (Å²) in [6.45, 7) is -0.543. The predicted molar refractivity (Wildman–Crippen MR) is 89.5 cm³/mol. The monoisotopic (exact) mass is 375 g/mol. The Labute approximate surface area is 149 Å². The molecule has 2 rings (SSSR count). The van der Waals surface area contributed by atoms with E-state index >= 15 is 0 Å². The van der Waals surface area contributed by atoms with Crippen LogP contribution in [-0.4, -0.2) is 37.4 Å². The molecule has 0 heterocycles. The molecule has 9 nitrogen and oxygen atoms in total. The summed E-state index contributed by atoms with van der Waals surface area (Å²) in [4.78, 5) is 21.7. The number of benzene rings is 2. The quantitative estimate of drug-likeness (QED) is 0.326. The fraction of sp³-hybridized carbons (Fsp3) is 0.125. The zero-order chi connectivity index (χ0) is 19.3. The summed E-state index contributed by atoms with van der Waals surface area (Å²) in [5.74, 6) is -0.750. The van der Waals surface area contributed by atoms with Crippen molar-refractivity contribution in [3.05, 3.63) is 69.8 Å². The highest BCUT2D eigenvalue weighted by Crippen LogP contribution is 2.18. The Morgan fingerprint density at radius 3 is 2.27 bits per heavy atom. The molecule has 0 amide bonds. The van der Waals surface area contributed by atoms with Gasteiger partial charge in [-0.05, 0) is 36.4 Å². The van der Waals surface area contributed by atoms with E-state index in [-0.39, 0.29) is 16.1 Å². The number of carbonyl (C=O) groups is 1. The molecular formula is C16H13N3O6S. The molecule has 10 heteroatoms. The van der Waals surface area contributed by atoms with Crippen LogP contribution in [0, 0.1) is 21.4 Å². The van der Waals surface area contributed by atoms with Crippen LogP contribution in [0.4, 0.5) is 5.69 Å². The molecular weight excluding hydrogens is 362 g/mol. The first-order valence-corrected chi connectivity index (χ1v) is 8.58. The molecule has 0 atom stereocenters. The Morgan fingerprint density at radius 1 is 1.19 bits per heavy atom. The van der Waals surface area contributed by atoms with Crippen LogP contribution in [0.2, 0.25) is 0 Å². The van der Waals surface area contributed by atoms with Crippen molar-refractivity contribution in [1.82, 2.24) is 4.31 Å². The molecule has 0 spiro atoms. The number of hydrogen-bond acceptors (Lipinski definition) is 7. The fourth-order valence-electron chi connectivity index (χ4n) is 1.90. The van der Waals surface area contributed by atoms with Crippen LogP contribution < -0.4 is 0 Å². The average molecular weight is 375 g/mol. The van der Waals surface area contributed by atoms with Crippen LogP contribution >= 0.6 is 0 Å². The van der Waals surface area contributed by atoms with Gasteiger partial charge in [0.05, 0.1) is 27.0 Å². The number of nitrogens with zero attached hydrogens (tertiary/aromatic N) is 3.